The zero-order valence-corrected chi connectivity index (χ0v) is 8.93. The first-order valence-corrected chi connectivity index (χ1v) is 4.56. The van der Waals surface area contributed by atoms with Crippen LogP contribution in [0.5, 0.6) is 0 Å². The summed E-state index contributed by atoms with van der Waals surface area (Å²) in [5, 5.41) is 0. The molecular weight excluding hydrogens is 277 g/mol. The third kappa shape index (κ3) is 3.91. The van der Waals surface area contributed by atoms with Gasteiger partial charge in [0.05, 0.1) is 12.0 Å². The van der Waals surface area contributed by atoms with Gasteiger partial charge in [0.1, 0.15) is 0 Å². The summed E-state index contributed by atoms with van der Waals surface area (Å²) in [6, 6.07) is 5.05. The lowest BCUT2D eigenvalue weighted by Gasteiger charge is -2.06. The molecule has 0 spiro atoms. The van der Waals surface area contributed by atoms with Crippen LogP contribution in [0.25, 0.3) is 0 Å². The van der Waals surface area contributed by atoms with Gasteiger partial charge in [-0.05, 0) is 17.7 Å². The van der Waals surface area contributed by atoms with Gasteiger partial charge in [-0.15, -0.1) is 0 Å². The number of halogens is 4. The summed E-state index contributed by atoms with van der Waals surface area (Å²) >= 11 is 2.49. The highest BCUT2D eigenvalue weighted by Gasteiger charge is 2.27. The van der Waals surface area contributed by atoms with Gasteiger partial charge in [0.15, 0.2) is 16.3 Å². The van der Waals surface area contributed by atoms with E-state index in [1.807, 2.05) is 0 Å². The molecule has 0 amide bonds. The van der Waals surface area contributed by atoms with Crippen LogP contribution in [0.2, 0.25) is 0 Å². The van der Waals surface area contributed by atoms with Gasteiger partial charge in [-0.25, -0.2) is 4.79 Å². The first kappa shape index (κ1) is 12.0. The summed E-state index contributed by atoms with van der Waals surface area (Å²) < 4.78 is 40.1. The summed E-state index contributed by atoms with van der Waals surface area (Å²) in [6.45, 7) is 0. The number of carbonyl (C=O) groups excluding carboxylic acids is 1. The molecule has 0 saturated carbocycles. The molecule has 0 saturated heterocycles. The van der Waals surface area contributed by atoms with Crippen molar-refractivity contribution in [3.63, 3.8) is 0 Å². The molecule has 0 aliphatic rings. The maximum atomic E-state index is 12.0. The molecule has 1 rings (SSSR count). The normalized spacial score (nSPS) is 11.2. The molecule has 0 aromatic heterocycles. The number of rotatable bonds is 2. The van der Waals surface area contributed by atoms with Gasteiger partial charge < -0.3 is 3.83 Å². The van der Waals surface area contributed by atoms with Gasteiger partial charge in [-0.1, -0.05) is 12.1 Å². The number of benzene rings is 1. The molecule has 0 radical (unpaired) electrons. The minimum Gasteiger partial charge on any atom is -0.380 e. The molecule has 0 heterocycles. The third-order valence-electron chi connectivity index (χ3n) is 1.66. The molecule has 2 nitrogen and oxygen atoms in total. The topological polar surface area (TPSA) is 26.3 Å². The molecule has 0 fully saturated rings. The fraction of sp³-hybridized carbons (Fsp3) is 0.222. The number of alkyl halides is 3. The average Bonchev–Trinajstić information content (AvgIpc) is 2.15. The molecular formula is C9H6BrF3O2. The van der Waals surface area contributed by atoms with Crippen LogP contribution in [-0.2, 0) is 10.2 Å². The largest absolute Gasteiger partial charge is 0.393 e. The molecule has 1 aromatic rings. The van der Waals surface area contributed by atoms with Gasteiger partial charge in [0.25, 0.3) is 0 Å². The van der Waals surface area contributed by atoms with E-state index in [-0.39, 0.29) is 11.1 Å². The molecule has 0 unspecified atom stereocenters. The Morgan fingerprint density at radius 1 is 1.27 bits per heavy atom. The second-order valence-electron chi connectivity index (χ2n) is 2.85. The lowest BCUT2D eigenvalue weighted by Crippen LogP contribution is -2.11. The summed E-state index contributed by atoms with van der Waals surface area (Å²) in [4.78, 5) is 10.9. The van der Waals surface area contributed by atoms with Crippen LogP contribution in [0.15, 0.2) is 24.3 Å². The van der Waals surface area contributed by atoms with E-state index in [1.54, 1.807) is 0 Å². The average molecular weight is 283 g/mol. The minimum absolute atomic E-state index is 0.105. The number of hydrogen-bond acceptors (Lipinski definition) is 2. The van der Waals surface area contributed by atoms with Crippen molar-refractivity contribution in [1.82, 2.24) is 0 Å². The van der Waals surface area contributed by atoms with Crippen molar-refractivity contribution >= 4 is 22.2 Å². The Kier molecular flexibility index (Phi) is 3.73. The molecule has 0 N–H and O–H groups in total. The maximum absolute atomic E-state index is 12.0. The Hall–Kier alpha value is -1.04. The SMILES string of the molecule is O=C(OBr)c1ccc(CC(F)(F)F)cc1. The molecule has 6 heteroatoms. The van der Waals surface area contributed by atoms with Crippen molar-refractivity contribution in [3.05, 3.63) is 35.4 Å². The van der Waals surface area contributed by atoms with E-state index < -0.39 is 18.6 Å². The fourth-order valence-corrected chi connectivity index (χ4v) is 1.22. The van der Waals surface area contributed by atoms with E-state index in [2.05, 4.69) is 20.1 Å². The van der Waals surface area contributed by atoms with Crippen LogP contribution in [0.4, 0.5) is 13.2 Å². The smallest absolute Gasteiger partial charge is 0.380 e. The van der Waals surface area contributed by atoms with Crippen molar-refractivity contribution < 1.29 is 21.8 Å². The van der Waals surface area contributed by atoms with Gasteiger partial charge in [0, 0.05) is 0 Å². The van der Waals surface area contributed by atoms with Gasteiger partial charge in [0.2, 0.25) is 0 Å². The van der Waals surface area contributed by atoms with Crippen molar-refractivity contribution in [1.29, 1.82) is 0 Å². The molecule has 0 atom stereocenters. The van der Waals surface area contributed by atoms with Crippen LogP contribution in [0, 0.1) is 0 Å². The summed E-state index contributed by atoms with van der Waals surface area (Å²) in [7, 11) is 0. The highest BCUT2D eigenvalue weighted by molar-refractivity contribution is 9.06. The van der Waals surface area contributed by atoms with Crippen LogP contribution in [-0.4, -0.2) is 12.1 Å². The minimum atomic E-state index is -4.24. The van der Waals surface area contributed by atoms with Crippen LogP contribution in [0.3, 0.4) is 0 Å². The first-order valence-electron chi connectivity index (χ1n) is 3.91. The van der Waals surface area contributed by atoms with E-state index in [1.165, 1.54) is 24.3 Å². The second-order valence-corrected chi connectivity index (χ2v) is 3.18. The van der Waals surface area contributed by atoms with Crippen LogP contribution < -0.4 is 0 Å². The lowest BCUT2D eigenvalue weighted by atomic mass is 10.1. The molecule has 82 valence electrons. The Morgan fingerprint density at radius 2 is 1.80 bits per heavy atom. The van der Waals surface area contributed by atoms with Crippen molar-refractivity contribution in [2.24, 2.45) is 0 Å². The summed E-state index contributed by atoms with van der Waals surface area (Å²) in [5.74, 6) is -0.645. The molecule has 1 aromatic carbocycles. The van der Waals surface area contributed by atoms with Crippen LogP contribution in [0.1, 0.15) is 15.9 Å². The van der Waals surface area contributed by atoms with E-state index >= 15 is 0 Å². The zero-order valence-electron chi connectivity index (χ0n) is 7.34. The maximum Gasteiger partial charge on any atom is 0.393 e. The van der Waals surface area contributed by atoms with Crippen LogP contribution >= 0.6 is 16.3 Å². The Labute approximate surface area is 92.5 Å². The number of carbonyl (C=O) groups is 1. The van der Waals surface area contributed by atoms with Gasteiger partial charge in [-0.2, -0.15) is 13.2 Å². The highest BCUT2D eigenvalue weighted by atomic mass is 79.9. The lowest BCUT2D eigenvalue weighted by molar-refractivity contribution is -0.127. The zero-order chi connectivity index (χ0) is 11.5. The molecule has 0 aliphatic carbocycles. The van der Waals surface area contributed by atoms with Gasteiger partial charge in [-0.3, -0.25) is 0 Å². The second kappa shape index (κ2) is 4.65. The first-order chi connectivity index (χ1) is 6.92. The Bertz CT molecular complexity index is 345. The quantitative estimate of drug-likeness (QED) is 0.832. The van der Waals surface area contributed by atoms with Crippen molar-refractivity contribution in [3.8, 4) is 0 Å². The Morgan fingerprint density at radius 3 is 2.20 bits per heavy atom. The van der Waals surface area contributed by atoms with Crippen molar-refractivity contribution in [2.45, 2.75) is 12.6 Å². The van der Waals surface area contributed by atoms with Gasteiger partial charge >= 0.3 is 12.1 Å². The predicted octanol–water partition coefficient (Wildman–Crippen LogP) is 3.26. The van der Waals surface area contributed by atoms with E-state index in [0.717, 1.165) is 0 Å². The van der Waals surface area contributed by atoms with E-state index in [0.29, 0.717) is 0 Å². The summed E-state index contributed by atoms with van der Waals surface area (Å²) in [5.41, 5.74) is 0.298. The Balaban J connectivity index is 2.77. The molecule has 0 bridgehead atoms. The van der Waals surface area contributed by atoms with E-state index in [9.17, 15) is 18.0 Å². The van der Waals surface area contributed by atoms with E-state index in [4.69, 9.17) is 0 Å². The summed E-state index contributed by atoms with van der Waals surface area (Å²) in [6.07, 6.45) is -5.24. The van der Waals surface area contributed by atoms with Crippen molar-refractivity contribution in [2.75, 3.05) is 0 Å². The number of hydrogen-bond donors (Lipinski definition) is 0. The standard InChI is InChI=1S/C9H6BrF3O2/c10-15-8(14)7-3-1-6(2-4-7)5-9(11,12)13/h1-4H,5H2. The highest BCUT2D eigenvalue weighted by Crippen LogP contribution is 2.21. The third-order valence-corrected chi connectivity index (χ3v) is 1.96. The molecule has 0 aliphatic heterocycles. The fourth-order valence-electron chi connectivity index (χ4n) is 1.03. The molecule has 15 heavy (non-hydrogen) atoms. The predicted molar refractivity (Wildman–Crippen MR) is 50.5 cm³/mol. The monoisotopic (exact) mass is 282 g/mol.